The zero-order valence-corrected chi connectivity index (χ0v) is 22.5. The van der Waals surface area contributed by atoms with E-state index in [4.69, 9.17) is 9.47 Å². The van der Waals surface area contributed by atoms with Crippen molar-refractivity contribution >= 4 is 16.8 Å². The quantitative estimate of drug-likeness (QED) is 0.304. The van der Waals surface area contributed by atoms with Crippen LogP contribution in [0.5, 0.6) is 5.75 Å². The second kappa shape index (κ2) is 10.8. The van der Waals surface area contributed by atoms with Gasteiger partial charge in [-0.3, -0.25) is 18.7 Å². The highest BCUT2D eigenvalue weighted by Gasteiger charge is 2.29. The lowest BCUT2D eigenvalue weighted by Gasteiger charge is -2.41. The van der Waals surface area contributed by atoms with Gasteiger partial charge in [-0.15, -0.1) is 0 Å². The smallest absolute Gasteiger partial charge is 0.255 e. The Hall–Kier alpha value is -4.59. The standard InChI is InChI=1S/C31H29N7O3/c32-14-22-4-5-27-28(13-22)37-11-8-29(39)38(31(37)35-27)17-23-2-1-3-24(12-23)30-33-15-26(16-34-30)41-18-21-6-9-36(10-7-21)25-19-40-20-25/h1-5,8,11-13,15-16,21,25H,6-7,9-10,17-20H2. The molecule has 2 saturated heterocycles. The molecular weight excluding hydrogens is 518 g/mol. The van der Waals surface area contributed by atoms with E-state index in [0.717, 1.165) is 61.3 Å². The molecule has 2 aliphatic rings. The molecule has 10 heteroatoms. The van der Waals surface area contributed by atoms with E-state index in [9.17, 15) is 10.1 Å². The van der Waals surface area contributed by atoms with Gasteiger partial charge in [0.1, 0.15) is 0 Å². The number of piperidine rings is 1. The molecule has 0 bridgehead atoms. The van der Waals surface area contributed by atoms with Gasteiger partial charge in [0.15, 0.2) is 11.6 Å². The minimum absolute atomic E-state index is 0.154. The highest BCUT2D eigenvalue weighted by atomic mass is 16.5. The predicted octanol–water partition coefficient (Wildman–Crippen LogP) is 3.52. The molecular formula is C31H29N7O3. The Kier molecular flexibility index (Phi) is 6.66. The summed E-state index contributed by atoms with van der Waals surface area (Å²) in [5, 5.41) is 9.29. The van der Waals surface area contributed by atoms with E-state index in [1.807, 2.05) is 28.7 Å². The first-order valence-electron chi connectivity index (χ1n) is 13.9. The molecule has 0 saturated carbocycles. The van der Waals surface area contributed by atoms with Gasteiger partial charge >= 0.3 is 0 Å². The van der Waals surface area contributed by atoms with Crippen molar-refractivity contribution in [2.45, 2.75) is 25.4 Å². The molecule has 0 radical (unpaired) electrons. The summed E-state index contributed by atoms with van der Waals surface area (Å²) in [5.41, 5.74) is 3.68. The second-order valence-electron chi connectivity index (χ2n) is 10.8. The first-order chi connectivity index (χ1) is 20.1. The Morgan fingerprint density at radius 2 is 1.88 bits per heavy atom. The van der Waals surface area contributed by atoms with Crippen LogP contribution in [0.4, 0.5) is 0 Å². The fraction of sp³-hybridized carbons (Fsp3) is 0.323. The molecule has 0 spiro atoms. The molecule has 0 amide bonds. The minimum Gasteiger partial charge on any atom is -0.490 e. The Morgan fingerprint density at radius 1 is 1.05 bits per heavy atom. The van der Waals surface area contributed by atoms with Crippen LogP contribution >= 0.6 is 0 Å². The van der Waals surface area contributed by atoms with Crippen molar-refractivity contribution in [3.8, 4) is 23.2 Å². The largest absolute Gasteiger partial charge is 0.490 e. The molecule has 2 aliphatic heterocycles. The zero-order valence-electron chi connectivity index (χ0n) is 22.5. The van der Waals surface area contributed by atoms with Crippen LogP contribution < -0.4 is 10.3 Å². The maximum atomic E-state index is 12.9. The molecule has 0 atom stereocenters. The molecule has 41 heavy (non-hydrogen) atoms. The number of rotatable bonds is 7. The topological polar surface area (TPSA) is 111 Å². The number of hydrogen-bond acceptors (Lipinski definition) is 8. The Morgan fingerprint density at radius 3 is 2.63 bits per heavy atom. The third-order valence-corrected chi connectivity index (χ3v) is 8.10. The lowest BCUT2D eigenvalue weighted by molar-refractivity contribution is -0.0750. The summed E-state index contributed by atoms with van der Waals surface area (Å²) in [7, 11) is 0. The lowest BCUT2D eigenvalue weighted by Crippen LogP contribution is -2.52. The Balaban J connectivity index is 1.04. The van der Waals surface area contributed by atoms with Gasteiger partial charge in [-0.05, 0) is 61.7 Å². The summed E-state index contributed by atoms with van der Waals surface area (Å²) in [6.45, 7) is 4.96. The first kappa shape index (κ1) is 25.4. The molecule has 0 N–H and O–H groups in total. The number of fused-ring (bicyclic) bond motifs is 3. The van der Waals surface area contributed by atoms with E-state index in [-0.39, 0.29) is 5.56 Å². The van der Waals surface area contributed by atoms with Gasteiger partial charge in [0.05, 0.1) is 67.5 Å². The van der Waals surface area contributed by atoms with Crippen molar-refractivity contribution in [1.29, 1.82) is 5.26 Å². The van der Waals surface area contributed by atoms with Crippen molar-refractivity contribution in [3.63, 3.8) is 0 Å². The first-order valence-corrected chi connectivity index (χ1v) is 13.9. The molecule has 5 aromatic rings. The van der Waals surface area contributed by atoms with Crippen LogP contribution in [0.2, 0.25) is 0 Å². The summed E-state index contributed by atoms with van der Waals surface area (Å²) in [4.78, 5) is 29.2. The fourth-order valence-electron chi connectivity index (χ4n) is 5.63. The zero-order chi connectivity index (χ0) is 27.8. The van der Waals surface area contributed by atoms with Gasteiger partial charge in [0.2, 0.25) is 5.78 Å². The molecule has 3 aromatic heterocycles. The highest BCUT2D eigenvalue weighted by molar-refractivity contribution is 5.81. The van der Waals surface area contributed by atoms with Crippen molar-refractivity contribution < 1.29 is 9.47 Å². The van der Waals surface area contributed by atoms with Gasteiger partial charge in [0.25, 0.3) is 5.56 Å². The van der Waals surface area contributed by atoms with E-state index >= 15 is 0 Å². The van der Waals surface area contributed by atoms with Crippen molar-refractivity contribution in [1.82, 2.24) is 28.8 Å². The van der Waals surface area contributed by atoms with Gasteiger partial charge in [0, 0.05) is 17.8 Å². The number of likely N-dealkylation sites (tertiary alicyclic amines) is 1. The number of imidazole rings is 1. The maximum Gasteiger partial charge on any atom is 0.255 e. The van der Waals surface area contributed by atoms with E-state index in [0.29, 0.717) is 48.0 Å². The number of nitriles is 1. The summed E-state index contributed by atoms with van der Waals surface area (Å²) in [6.07, 6.45) is 7.43. The molecule has 0 unspecified atom stereocenters. The molecule has 206 valence electrons. The van der Waals surface area contributed by atoms with Crippen LogP contribution in [0, 0.1) is 17.2 Å². The number of nitrogens with zero attached hydrogens (tertiary/aromatic N) is 7. The third kappa shape index (κ3) is 5.06. The van der Waals surface area contributed by atoms with E-state index in [2.05, 4.69) is 25.9 Å². The lowest BCUT2D eigenvalue weighted by atomic mass is 9.96. The van der Waals surface area contributed by atoms with E-state index < -0.39 is 0 Å². The van der Waals surface area contributed by atoms with E-state index in [1.54, 1.807) is 41.4 Å². The molecule has 10 nitrogen and oxygen atoms in total. The second-order valence-corrected chi connectivity index (χ2v) is 10.8. The number of benzene rings is 2. The van der Waals surface area contributed by atoms with Crippen molar-refractivity contribution in [3.05, 3.63) is 88.6 Å². The summed E-state index contributed by atoms with van der Waals surface area (Å²) >= 11 is 0. The molecule has 7 rings (SSSR count). The SMILES string of the molecule is N#Cc1ccc2nc3n(Cc4cccc(-c5ncc(OCC6CCN(C7COC7)CC6)cn5)c4)c(=O)ccn3c2c1. The van der Waals surface area contributed by atoms with Crippen molar-refractivity contribution in [2.75, 3.05) is 32.9 Å². The van der Waals surface area contributed by atoms with Gasteiger partial charge in [-0.25, -0.2) is 15.0 Å². The van der Waals surface area contributed by atoms with Gasteiger partial charge < -0.3 is 9.47 Å². The average molecular weight is 548 g/mol. The fourth-order valence-corrected chi connectivity index (χ4v) is 5.63. The van der Waals surface area contributed by atoms with Crippen molar-refractivity contribution in [2.24, 2.45) is 5.92 Å². The van der Waals surface area contributed by atoms with Crippen LogP contribution in [-0.2, 0) is 11.3 Å². The van der Waals surface area contributed by atoms with E-state index in [1.165, 1.54) is 6.07 Å². The molecule has 2 fully saturated rings. The average Bonchev–Trinajstić information content (AvgIpc) is 3.36. The number of hydrogen-bond donors (Lipinski definition) is 0. The van der Waals surface area contributed by atoms with Crippen LogP contribution in [-0.4, -0.2) is 67.8 Å². The number of aromatic nitrogens is 5. The van der Waals surface area contributed by atoms with Crippen LogP contribution in [0.25, 0.3) is 28.2 Å². The minimum atomic E-state index is -0.154. The highest BCUT2D eigenvalue weighted by Crippen LogP contribution is 2.24. The molecule has 5 heterocycles. The Bertz CT molecular complexity index is 1810. The van der Waals surface area contributed by atoms with Crippen LogP contribution in [0.3, 0.4) is 0 Å². The maximum absolute atomic E-state index is 12.9. The van der Waals surface area contributed by atoms with Gasteiger partial charge in [-0.2, -0.15) is 5.26 Å². The summed E-state index contributed by atoms with van der Waals surface area (Å²) < 4.78 is 14.8. The monoisotopic (exact) mass is 547 g/mol. The normalized spacial score (nSPS) is 16.6. The van der Waals surface area contributed by atoms with Gasteiger partial charge in [-0.1, -0.05) is 18.2 Å². The summed E-state index contributed by atoms with van der Waals surface area (Å²) in [6, 6.07) is 17.4. The Labute approximate surface area is 236 Å². The summed E-state index contributed by atoms with van der Waals surface area (Å²) in [5.74, 6) is 2.33. The molecule has 2 aromatic carbocycles. The third-order valence-electron chi connectivity index (χ3n) is 8.10. The van der Waals surface area contributed by atoms with Crippen LogP contribution in [0.15, 0.2) is 71.9 Å². The van der Waals surface area contributed by atoms with Crippen LogP contribution in [0.1, 0.15) is 24.0 Å². The molecule has 0 aliphatic carbocycles. The number of ether oxygens (including phenoxy) is 2. The predicted molar refractivity (Wildman–Crippen MR) is 153 cm³/mol.